The maximum absolute atomic E-state index is 13.0. The van der Waals surface area contributed by atoms with E-state index in [9.17, 15) is 30.3 Å². The SMILES string of the molecule is CCCCCCC/C=C\C/C=C\CCCCCCCCCCCCCCCCCC(=O)NC(COC1OC(CO)C(O)C(O)C1O)C(O)CCCCCCCCCCCCCCCC. The number of unbranched alkanes of at least 4 members (excludes halogenated alkanes) is 33. The van der Waals surface area contributed by atoms with Gasteiger partial charge in [-0.05, 0) is 44.9 Å². The predicted molar refractivity (Wildman–Crippen MR) is 267 cm³/mol. The number of carbonyl (C=O) groups excluding carboxylic acids is 1. The topological polar surface area (TPSA) is 149 Å². The fourth-order valence-corrected chi connectivity index (χ4v) is 8.90. The number of carbonyl (C=O) groups is 1. The van der Waals surface area contributed by atoms with Gasteiger partial charge in [0.1, 0.15) is 24.4 Å². The van der Waals surface area contributed by atoms with Gasteiger partial charge in [0.25, 0.3) is 0 Å². The van der Waals surface area contributed by atoms with Gasteiger partial charge in [-0.3, -0.25) is 4.79 Å². The first-order chi connectivity index (χ1) is 31.3. The molecule has 1 saturated heterocycles. The van der Waals surface area contributed by atoms with Gasteiger partial charge in [0.15, 0.2) is 6.29 Å². The number of allylic oxidation sites excluding steroid dienone is 4. The Bertz CT molecular complexity index is 1060. The van der Waals surface area contributed by atoms with Gasteiger partial charge >= 0.3 is 0 Å². The molecule has 9 nitrogen and oxygen atoms in total. The van der Waals surface area contributed by atoms with Crippen molar-refractivity contribution in [3.8, 4) is 0 Å². The summed E-state index contributed by atoms with van der Waals surface area (Å²) in [6.45, 7) is 3.84. The molecule has 1 aliphatic heterocycles. The molecule has 0 aliphatic carbocycles. The van der Waals surface area contributed by atoms with Crippen LogP contribution in [0.2, 0.25) is 0 Å². The monoisotopic (exact) mass is 908 g/mol. The number of hydrogen-bond acceptors (Lipinski definition) is 8. The Morgan fingerprint density at radius 2 is 0.922 bits per heavy atom. The number of amides is 1. The number of hydrogen-bond donors (Lipinski definition) is 6. The van der Waals surface area contributed by atoms with Crippen molar-refractivity contribution < 1.29 is 39.8 Å². The van der Waals surface area contributed by atoms with E-state index in [1.807, 2.05) is 0 Å². The third-order valence-corrected chi connectivity index (χ3v) is 13.3. The summed E-state index contributed by atoms with van der Waals surface area (Å²) in [7, 11) is 0. The van der Waals surface area contributed by atoms with Crippen LogP contribution in [-0.4, -0.2) is 87.5 Å². The standard InChI is InChI=1S/C55H105NO8/c1-3-5-7-9-11-13-15-17-19-20-21-22-23-24-25-26-27-28-29-30-31-33-35-37-39-41-43-45-51(59)56-48(47-63-55-54(62)53(61)52(60)50(46-57)64-55)49(58)44-42-40-38-36-34-32-18-16-14-12-10-8-6-4-2/h15,17,20-21,48-50,52-55,57-58,60-62H,3-14,16,18-19,22-47H2,1-2H3,(H,56,59)/b17-15-,21-20-. The Hall–Kier alpha value is -1.33. The number of ether oxygens (including phenoxy) is 2. The van der Waals surface area contributed by atoms with E-state index >= 15 is 0 Å². The summed E-state index contributed by atoms with van der Waals surface area (Å²) in [6.07, 6.45) is 49.1. The molecule has 378 valence electrons. The molecule has 1 aliphatic rings. The van der Waals surface area contributed by atoms with Gasteiger partial charge in [-0.15, -0.1) is 0 Å². The van der Waals surface area contributed by atoms with E-state index in [4.69, 9.17) is 9.47 Å². The Morgan fingerprint density at radius 3 is 1.34 bits per heavy atom. The molecule has 0 aromatic heterocycles. The van der Waals surface area contributed by atoms with Crippen LogP contribution in [0.4, 0.5) is 0 Å². The normalized spacial score (nSPS) is 20.1. The summed E-state index contributed by atoms with van der Waals surface area (Å²) < 4.78 is 11.3. The molecule has 7 unspecified atom stereocenters. The molecule has 0 aromatic rings. The van der Waals surface area contributed by atoms with Crippen LogP contribution in [0.1, 0.15) is 264 Å². The molecule has 0 bridgehead atoms. The van der Waals surface area contributed by atoms with Crippen molar-refractivity contribution in [2.75, 3.05) is 13.2 Å². The van der Waals surface area contributed by atoms with Crippen molar-refractivity contribution in [3.63, 3.8) is 0 Å². The summed E-state index contributed by atoms with van der Waals surface area (Å²) in [5.41, 5.74) is 0. The Morgan fingerprint density at radius 1 is 0.531 bits per heavy atom. The molecule has 6 N–H and O–H groups in total. The number of rotatable bonds is 47. The van der Waals surface area contributed by atoms with Gasteiger partial charge in [-0.25, -0.2) is 0 Å². The van der Waals surface area contributed by atoms with E-state index < -0.39 is 49.5 Å². The van der Waals surface area contributed by atoms with Gasteiger partial charge in [0.2, 0.25) is 5.91 Å². The molecule has 1 amide bonds. The molecule has 7 atom stereocenters. The third-order valence-electron chi connectivity index (χ3n) is 13.3. The van der Waals surface area contributed by atoms with Crippen LogP contribution < -0.4 is 5.32 Å². The highest BCUT2D eigenvalue weighted by molar-refractivity contribution is 5.76. The summed E-state index contributed by atoms with van der Waals surface area (Å²) in [4.78, 5) is 13.0. The minimum absolute atomic E-state index is 0.135. The zero-order valence-electron chi connectivity index (χ0n) is 41.8. The summed E-state index contributed by atoms with van der Waals surface area (Å²) in [5.74, 6) is -0.142. The van der Waals surface area contributed by atoms with Crippen molar-refractivity contribution in [1.82, 2.24) is 5.32 Å². The van der Waals surface area contributed by atoms with Crippen molar-refractivity contribution in [2.45, 2.75) is 307 Å². The molecular formula is C55H105NO8. The quantitative estimate of drug-likeness (QED) is 0.0261. The average Bonchev–Trinajstić information content (AvgIpc) is 3.29. The van der Waals surface area contributed by atoms with Crippen LogP contribution in [0.3, 0.4) is 0 Å². The van der Waals surface area contributed by atoms with Gasteiger partial charge in [-0.1, -0.05) is 237 Å². The fraction of sp³-hybridized carbons (Fsp3) is 0.909. The van der Waals surface area contributed by atoms with E-state index in [-0.39, 0.29) is 12.5 Å². The van der Waals surface area contributed by atoms with Gasteiger partial charge in [-0.2, -0.15) is 0 Å². The molecule has 1 fully saturated rings. The number of aliphatic hydroxyl groups is 5. The molecule has 64 heavy (non-hydrogen) atoms. The zero-order chi connectivity index (χ0) is 46.6. The number of aliphatic hydroxyl groups excluding tert-OH is 5. The largest absolute Gasteiger partial charge is 0.394 e. The van der Waals surface area contributed by atoms with Crippen LogP contribution in [0.25, 0.3) is 0 Å². The van der Waals surface area contributed by atoms with E-state index in [2.05, 4.69) is 43.5 Å². The van der Waals surface area contributed by atoms with Crippen molar-refractivity contribution in [1.29, 1.82) is 0 Å². The second-order valence-electron chi connectivity index (χ2n) is 19.4. The zero-order valence-corrected chi connectivity index (χ0v) is 41.8. The average molecular weight is 908 g/mol. The van der Waals surface area contributed by atoms with Gasteiger partial charge in [0, 0.05) is 6.42 Å². The van der Waals surface area contributed by atoms with Gasteiger partial charge < -0.3 is 40.3 Å². The van der Waals surface area contributed by atoms with E-state index in [1.165, 1.54) is 193 Å². The minimum atomic E-state index is -1.55. The third kappa shape index (κ3) is 34.9. The molecule has 1 rings (SSSR count). The lowest BCUT2D eigenvalue weighted by atomic mass is 9.99. The van der Waals surface area contributed by atoms with Crippen LogP contribution in [0, 0.1) is 0 Å². The van der Waals surface area contributed by atoms with E-state index in [0.717, 1.165) is 44.9 Å². The maximum Gasteiger partial charge on any atom is 0.220 e. The van der Waals surface area contributed by atoms with Crippen LogP contribution in [0.5, 0.6) is 0 Å². The van der Waals surface area contributed by atoms with Crippen molar-refractivity contribution >= 4 is 5.91 Å². The van der Waals surface area contributed by atoms with Crippen LogP contribution in [-0.2, 0) is 14.3 Å². The Labute approximate surface area is 394 Å². The Kier molecular flexibility index (Phi) is 43.1. The second kappa shape index (κ2) is 45.5. The van der Waals surface area contributed by atoms with E-state index in [1.54, 1.807) is 0 Å². The molecule has 0 spiro atoms. The maximum atomic E-state index is 13.0. The highest BCUT2D eigenvalue weighted by Gasteiger charge is 2.44. The lowest BCUT2D eigenvalue weighted by molar-refractivity contribution is -0.302. The van der Waals surface area contributed by atoms with Crippen molar-refractivity contribution in [3.05, 3.63) is 24.3 Å². The lowest BCUT2D eigenvalue weighted by Crippen LogP contribution is -2.60. The molecule has 9 heteroatoms. The highest BCUT2D eigenvalue weighted by Crippen LogP contribution is 2.23. The first-order valence-electron chi connectivity index (χ1n) is 27.5. The summed E-state index contributed by atoms with van der Waals surface area (Å²) in [5, 5.41) is 54.5. The van der Waals surface area contributed by atoms with E-state index in [0.29, 0.717) is 12.8 Å². The smallest absolute Gasteiger partial charge is 0.220 e. The summed E-state index contributed by atoms with van der Waals surface area (Å²) in [6, 6.07) is -0.716. The van der Waals surface area contributed by atoms with Crippen LogP contribution >= 0.6 is 0 Å². The Balaban J connectivity index is 2.17. The van der Waals surface area contributed by atoms with Crippen LogP contribution in [0.15, 0.2) is 24.3 Å². The first kappa shape index (κ1) is 60.7. The molecule has 1 heterocycles. The summed E-state index contributed by atoms with van der Waals surface area (Å²) >= 11 is 0. The lowest BCUT2D eigenvalue weighted by Gasteiger charge is -2.40. The number of nitrogens with one attached hydrogen (secondary N) is 1. The first-order valence-corrected chi connectivity index (χ1v) is 27.5. The van der Waals surface area contributed by atoms with Crippen molar-refractivity contribution in [2.24, 2.45) is 0 Å². The molecular weight excluding hydrogens is 803 g/mol. The second-order valence-corrected chi connectivity index (χ2v) is 19.4. The van der Waals surface area contributed by atoms with Gasteiger partial charge in [0.05, 0.1) is 25.4 Å². The molecule has 0 aromatic carbocycles. The molecule has 0 saturated carbocycles. The predicted octanol–water partition coefficient (Wildman–Crippen LogP) is 13.0. The molecule has 0 radical (unpaired) electrons. The minimum Gasteiger partial charge on any atom is -0.394 e. The highest BCUT2D eigenvalue weighted by atomic mass is 16.7. The fourth-order valence-electron chi connectivity index (χ4n) is 8.90.